The molecule has 0 saturated heterocycles. The van der Waals surface area contributed by atoms with Crippen LogP contribution in [-0.2, 0) is 0 Å². The van der Waals surface area contributed by atoms with E-state index in [1.807, 2.05) is 0 Å². The molecular weight excluding hydrogens is 292 g/mol. The number of halogens is 1. The summed E-state index contributed by atoms with van der Waals surface area (Å²) >= 11 is 7.24. The van der Waals surface area contributed by atoms with Gasteiger partial charge in [0.2, 0.25) is 0 Å². The molecule has 4 rings (SSSR count). The molecule has 0 aromatic heterocycles. The molecule has 2 heteroatoms. The quantitative estimate of drug-likeness (QED) is 0.507. The lowest BCUT2D eigenvalue weighted by Crippen LogP contribution is -2.37. The van der Waals surface area contributed by atoms with E-state index in [1.165, 1.54) is 22.3 Å². The molecule has 0 N–H and O–H groups in total. The van der Waals surface area contributed by atoms with Gasteiger partial charge in [-0.3, -0.25) is 0 Å². The molecule has 0 spiro atoms. The van der Waals surface area contributed by atoms with Gasteiger partial charge in [-0.2, -0.15) is 11.1 Å². The van der Waals surface area contributed by atoms with Crippen molar-refractivity contribution in [1.82, 2.24) is 0 Å². The number of allylic oxidation sites excluding steroid dienone is 2. The van der Waals surface area contributed by atoms with Gasteiger partial charge in [0.05, 0.1) is 0 Å². The van der Waals surface area contributed by atoms with Gasteiger partial charge in [0.25, 0.3) is 0 Å². The van der Waals surface area contributed by atoms with Crippen LogP contribution in [0, 0.1) is 0 Å². The first-order valence-electron chi connectivity index (χ1n) is 7.41. The highest BCUT2D eigenvalue weighted by Crippen LogP contribution is 2.48. The van der Waals surface area contributed by atoms with Crippen molar-refractivity contribution in [2.24, 2.45) is 0 Å². The summed E-state index contributed by atoms with van der Waals surface area (Å²) in [7, 11) is -2.04. The van der Waals surface area contributed by atoms with E-state index >= 15 is 0 Å². The van der Waals surface area contributed by atoms with Gasteiger partial charge in [-0.05, 0) is 22.3 Å². The molecule has 2 aliphatic carbocycles. The Morgan fingerprint density at radius 2 is 1.19 bits per heavy atom. The lowest BCUT2D eigenvalue weighted by Gasteiger charge is -2.32. The summed E-state index contributed by atoms with van der Waals surface area (Å²) in [6.07, 6.45) is 9.10. The molecule has 0 amide bonds. The molecule has 0 saturated carbocycles. The second-order valence-electron chi connectivity index (χ2n) is 6.08. The minimum Gasteiger partial charge on any atom is -0.165 e. The lowest BCUT2D eigenvalue weighted by atomic mass is 10.1. The van der Waals surface area contributed by atoms with Crippen LogP contribution in [0.15, 0.2) is 60.7 Å². The van der Waals surface area contributed by atoms with E-state index in [2.05, 4.69) is 79.4 Å². The standard InChI is InChI=1S/C19H17ClSi/c1-21(20,18-12-10-14-6-2-4-8-16(14)18)19-13-11-15-7-3-5-9-17(15)19/h2-13,18-19H,1H3. The molecule has 2 aromatic rings. The summed E-state index contributed by atoms with van der Waals surface area (Å²) in [5.41, 5.74) is 6.24. The summed E-state index contributed by atoms with van der Waals surface area (Å²) in [6, 6.07) is 17.3. The molecule has 0 bridgehead atoms. The van der Waals surface area contributed by atoms with Crippen LogP contribution in [0.3, 0.4) is 0 Å². The zero-order chi connectivity index (χ0) is 14.4. The Morgan fingerprint density at radius 3 is 1.67 bits per heavy atom. The van der Waals surface area contributed by atoms with Crippen molar-refractivity contribution in [3.05, 3.63) is 82.9 Å². The Labute approximate surface area is 131 Å². The van der Waals surface area contributed by atoms with Crippen molar-refractivity contribution < 1.29 is 0 Å². The van der Waals surface area contributed by atoms with Crippen molar-refractivity contribution in [3.8, 4) is 0 Å². The van der Waals surface area contributed by atoms with Crippen molar-refractivity contribution in [3.63, 3.8) is 0 Å². The molecule has 0 heterocycles. The molecular formula is C19H17ClSi. The predicted molar refractivity (Wildman–Crippen MR) is 93.9 cm³/mol. The number of hydrogen-bond donors (Lipinski definition) is 0. The van der Waals surface area contributed by atoms with E-state index in [0.29, 0.717) is 11.1 Å². The largest absolute Gasteiger partial charge is 0.175 e. The molecule has 104 valence electrons. The summed E-state index contributed by atoms with van der Waals surface area (Å²) in [5, 5.41) is 0. The summed E-state index contributed by atoms with van der Waals surface area (Å²) in [6.45, 7) is 2.31. The minimum absolute atomic E-state index is 0.385. The maximum atomic E-state index is 7.24. The van der Waals surface area contributed by atoms with E-state index in [-0.39, 0.29) is 0 Å². The fourth-order valence-electron chi connectivity index (χ4n) is 3.68. The van der Waals surface area contributed by atoms with Crippen LogP contribution in [0.5, 0.6) is 0 Å². The van der Waals surface area contributed by atoms with Gasteiger partial charge >= 0.3 is 0 Å². The van der Waals surface area contributed by atoms with Gasteiger partial charge in [0.15, 0.2) is 7.38 Å². The van der Waals surface area contributed by atoms with Gasteiger partial charge in [-0.1, -0.05) is 79.4 Å². The highest BCUT2D eigenvalue weighted by atomic mass is 35.6. The molecule has 2 aliphatic rings. The summed E-state index contributed by atoms with van der Waals surface area (Å²) < 4.78 is 0. The maximum absolute atomic E-state index is 7.24. The van der Waals surface area contributed by atoms with E-state index < -0.39 is 7.38 Å². The highest BCUT2D eigenvalue weighted by molar-refractivity contribution is 7.21. The topological polar surface area (TPSA) is 0 Å². The van der Waals surface area contributed by atoms with Crippen LogP contribution in [0.4, 0.5) is 0 Å². The van der Waals surface area contributed by atoms with Gasteiger partial charge in [0.1, 0.15) is 0 Å². The molecule has 0 nitrogen and oxygen atoms in total. The fraction of sp³-hybridized carbons (Fsp3) is 0.158. The molecule has 2 atom stereocenters. The van der Waals surface area contributed by atoms with Gasteiger partial charge in [-0.15, -0.1) is 0 Å². The third-order valence-corrected chi connectivity index (χ3v) is 9.66. The third-order valence-electron chi connectivity index (χ3n) is 4.81. The van der Waals surface area contributed by atoms with Crippen LogP contribution in [0.2, 0.25) is 6.55 Å². The fourth-order valence-corrected chi connectivity index (χ4v) is 7.89. The summed E-state index contributed by atoms with van der Waals surface area (Å²) in [5.74, 6) is 0. The summed E-state index contributed by atoms with van der Waals surface area (Å²) in [4.78, 5) is 0. The normalized spacial score (nSPS) is 24.7. The predicted octanol–water partition coefficient (Wildman–Crippen LogP) is 5.50. The average Bonchev–Trinajstić information content (AvgIpc) is 3.12. The Bertz CT molecular complexity index is 694. The lowest BCUT2D eigenvalue weighted by molar-refractivity contribution is 1.08. The van der Waals surface area contributed by atoms with Crippen LogP contribution < -0.4 is 0 Å². The SMILES string of the molecule is C[Si](Cl)(C1C=Cc2ccccc21)C1C=Cc2ccccc21. The first-order chi connectivity index (χ1) is 10.2. The first-order valence-corrected chi connectivity index (χ1v) is 11.1. The monoisotopic (exact) mass is 308 g/mol. The van der Waals surface area contributed by atoms with Crippen LogP contribution in [-0.4, -0.2) is 7.38 Å². The van der Waals surface area contributed by atoms with Crippen LogP contribution in [0.25, 0.3) is 12.2 Å². The Balaban J connectivity index is 1.76. The first kappa shape index (κ1) is 13.1. The van der Waals surface area contributed by atoms with Crippen LogP contribution >= 0.6 is 11.1 Å². The molecule has 2 unspecified atom stereocenters. The number of rotatable bonds is 2. The molecule has 0 radical (unpaired) electrons. The van der Waals surface area contributed by atoms with Crippen LogP contribution in [0.1, 0.15) is 33.3 Å². The highest BCUT2D eigenvalue weighted by Gasteiger charge is 2.45. The Kier molecular flexibility index (Phi) is 2.95. The number of fused-ring (bicyclic) bond motifs is 2. The van der Waals surface area contributed by atoms with E-state index in [1.54, 1.807) is 0 Å². The van der Waals surface area contributed by atoms with Gasteiger partial charge < -0.3 is 0 Å². The Morgan fingerprint density at radius 1 is 0.762 bits per heavy atom. The van der Waals surface area contributed by atoms with Gasteiger partial charge in [0, 0.05) is 11.1 Å². The minimum atomic E-state index is -2.04. The van der Waals surface area contributed by atoms with Gasteiger partial charge in [-0.25, -0.2) is 0 Å². The second kappa shape index (κ2) is 4.72. The molecule has 0 fully saturated rings. The molecule has 21 heavy (non-hydrogen) atoms. The van der Waals surface area contributed by atoms with Crippen molar-refractivity contribution in [2.45, 2.75) is 17.6 Å². The Hall–Kier alpha value is -1.57. The number of hydrogen-bond acceptors (Lipinski definition) is 0. The van der Waals surface area contributed by atoms with E-state index in [9.17, 15) is 0 Å². The smallest absolute Gasteiger partial charge is 0.165 e. The van der Waals surface area contributed by atoms with Crippen molar-refractivity contribution in [2.75, 3.05) is 0 Å². The second-order valence-corrected chi connectivity index (χ2v) is 12.1. The molecule has 2 aromatic carbocycles. The molecule has 0 aliphatic heterocycles. The zero-order valence-electron chi connectivity index (χ0n) is 12.0. The van der Waals surface area contributed by atoms with E-state index in [0.717, 1.165) is 0 Å². The average molecular weight is 309 g/mol. The number of benzene rings is 2. The van der Waals surface area contributed by atoms with Crippen molar-refractivity contribution >= 4 is 30.6 Å². The maximum Gasteiger partial charge on any atom is 0.175 e. The van der Waals surface area contributed by atoms with E-state index in [4.69, 9.17) is 11.1 Å². The van der Waals surface area contributed by atoms with Crippen molar-refractivity contribution in [1.29, 1.82) is 0 Å². The zero-order valence-corrected chi connectivity index (χ0v) is 13.7. The third kappa shape index (κ3) is 1.96.